The van der Waals surface area contributed by atoms with E-state index in [0.29, 0.717) is 11.0 Å². The predicted octanol–water partition coefficient (Wildman–Crippen LogP) is 4.57. The number of fused-ring (bicyclic) bond motifs is 1. The number of hydrogen-bond donors (Lipinski definition) is 1. The fourth-order valence-electron chi connectivity index (χ4n) is 2.38. The topological polar surface area (TPSA) is 29.9 Å². The highest BCUT2D eigenvalue weighted by Crippen LogP contribution is 2.25. The summed E-state index contributed by atoms with van der Waals surface area (Å²) in [6.07, 6.45) is 0. The zero-order valence-corrected chi connectivity index (χ0v) is 13.2. The maximum absolute atomic E-state index is 13.1. The molecule has 0 atom stereocenters. The number of halogens is 2. The molecule has 0 bridgehead atoms. The number of hydrogen-bond acceptors (Lipinski definition) is 2. The van der Waals surface area contributed by atoms with Gasteiger partial charge in [-0.25, -0.2) is 4.39 Å². The molecule has 0 aliphatic heterocycles. The van der Waals surface area contributed by atoms with Gasteiger partial charge in [-0.15, -0.1) is 0 Å². The maximum atomic E-state index is 13.1. The van der Waals surface area contributed by atoms with Crippen LogP contribution in [0, 0.1) is 5.82 Å². The first-order valence-corrected chi connectivity index (χ1v) is 7.61. The van der Waals surface area contributed by atoms with E-state index in [2.05, 4.69) is 45.4 Å². The van der Waals surface area contributed by atoms with Gasteiger partial charge in [0.1, 0.15) is 5.82 Å². The Morgan fingerprint density at radius 1 is 1.24 bits per heavy atom. The number of nitrogens with zero attached hydrogens (tertiary/aromatic N) is 2. The average Bonchev–Trinajstić information content (AvgIpc) is 2.85. The van der Waals surface area contributed by atoms with Crippen molar-refractivity contribution in [2.45, 2.75) is 20.0 Å². The van der Waals surface area contributed by atoms with Crippen molar-refractivity contribution in [3.05, 3.63) is 58.4 Å². The van der Waals surface area contributed by atoms with Gasteiger partial charge in [-0.2, -0.15) is 5.10 Å². The van der Waals surface area contributed by atoms with E-state index in [-0.39, 0.29) is 5.82 Å². The minimum atomic E-state index is -0.256. The summed E-state index contributed by atoms with van der Waals surface area (Å²) in [7, 11) is 0. The van der Waals surface area contributed by atoms with E-state index in [9.17, 15) is 4.39 Å². The fourth-order valence-corrected chi connectivity index (χ4v) is 2.87. The number of aromatic nitrogens is 2. The molecular formula is C16H15BrFN3. The molecule has 0 saturated carbocycles. The molecule has 2 aromatic carbocycles. The van der Waals surface area contributed by atoms with Gasteiger partial charge in [0.25, 0.3) is 0 Å². The smallest absolute Gasteiger partial charge is 0.124 e. The van der Waals surface area contributed by atoms with Crippen LogP contribution in [0.3, 0.4) is 0 Å². The van der Waals surface area contributed by atoms with E-state index in [0.717, 1.165) is 28.8 Å². The van der Waals surface area contributed by atoms with Gasteiger partial charge in [0.2, 0.25) is 0 Å². The second kappa shape index (κ2) is 5.85. The van der Waals surface area contributed by atoms with Crippen molar-refractivity contribution in [2.24, 2.45) is 0 Å². The lowest BCUT2D eigenvalue weighted by Gasteiger charge is -2.07. The first-order chi connectivity index (χ1) is 10.2. The number of para-hydroxylation sites is 1. The van der Waals surface area contributed by atoms with E-state index in [1.54, 1.807) is 6.07 Å². The van der Waals surface area contributed by atoms with E-state index < -0.39 is 0 Å². The van der Waals surface area contributed by atoms with Crippen molar-refractivity contribution in [1.82, 2.24) is 9.78 Å². The molecule has 108 valence electrons. The summed E-state index contributed by atoms with van der Waals surface area (Å²) in [6.45, 7) is 3.51. The lowest BCUT2D eigenvalue weighted by molar-refractivity contribution is 0.627. The summed E-state index contributed by atoms with van der Waals surface area (Å²) < 4.78 is 15.8. The second-order valence-corrected chi connectivity index (χ2v) is 5.61. The van der Waals surface area contributed by atoms with Crippen molar-refractivity contribution in [3.63, 3.8) is 0 Å². The van der Waals surface area contributed by atoms with Gasteiger partial charge in [-0.3, -0.25) is 4.68 Å². The molecule has 5 heteroatoms. The maximum Gasteiger partial charge on any atom is 0.124 e. The molecule has 0 saturated heterocycles. The molecular weight excluding hydrogens is 333 g/mol. The molecule has 1 aromatic heterocycles. The third kappa shape index (κ3) is 2.78. The van der Waals surface area contributed by atoms with Crippen LogP contribution in [0.15, 0.2) is 46.9 Å². The minimum Gasteiger partial charge on any atom is -0.378 e. The van der Waals surface area contributed by atoms with Gasteiger partial charge in [0.05, 0.1) is 17.8 Å². The average molecular weight is 348 g/mol. The first kappa shape index (κ1) is 14.1. The van der Waals surface area contributed by atoms with Crippen molar-refractivity contribution in [3.8, 4) is 0 Å². The zero-order valence-electron chi connectivity index (χ0n) is 11.6. The molecule has 3 nitrogen and oxygen atoms in total. The molecule has 0 aliphatic carbocycles. The van der Waals surface area contributed by atoms with E-state index in [1.165, 1.54) is 12.1 Å². The van der Waals surface area contributed by atoms with Crippen LogP contribution >= 0.6 is 15.9 Å². The van der Waals surface area contributed by atoms with Crippen LogP contribution in [0.1, 0.15) is 12.6 Å². The molecule has 21 heavy (non-hydrogen) atoms. The molecule has 0 fully saturated rings. The van der Waals surface area contributed by atoms with Crippen LogP contribution in [0.2, 0.25) is 0 Å². The van der Waals surface area contributed by atoms with E-state index in [4.69, 9.17) is 0 Å². The van der Waals surface area contributed by atoms with Crippen molar-refractivity contribution < 1.29 is 4.39 Å². The molecule has 3 rings (SSSR count). The van der Waals surface area contributed by atoms with Crippen LogP contribution in [0.4, 0.5) is 10.1 Å². The Labute approximate surface area is 130 Å². The predicted molar refractivity (Wildman–Crippen MR) is 86.8 cm³/mol. The van der Waals surface area contributed by atoms with Crippen LogP contribution in [0.25, 0.3) is 10.9 Å². The number of anilines is 1. The molecule has 0 aliphatic rings. The van der Waals surface area contributed by atoms with Crippen LogP contribution < -0.4 is 5.32 Å². The monoisotopic (exact) mass is 347 g/mol. The molecule has 0 radical (unpaired) electrons. The molecule has 0 amide bonds. The summed E-state index contributed by atoms with van der Waals surface area (Å²) in [6, 6.07) is 12.8. The van der Waals surface area contributed by atoms with Crippen molar-refractivity contribution >= 4 is 32.5 Å². The Hall–Kier alpha value is -1.88. The quantitative estimate of drug-likeness (QED) is 0.749. The van der Waals surface area contributed by atoms with Gasteiger partial charge in [0.15, 0.2) is 0 Å². The first-order valence-electron chi connectivity index (χ1n) is 6.82. The Bertz CT molecular complexity index is 782. The highest BCUT2D eigenvalue weighted by atomic mass is 79.9. The number of nitrogens with one attached hydrogen (secondary N) is 1. The van der Waals surface area contributed by atoms with Crippen LogP contribution in [-0.2, 0) is 13.1 Å². The third-order valence-electron chi connectivity index (χ3n) is 3.41. The zero-order chi connectivity index (χ0) is 14.8. The van der Waals surface area contributed by atoms with Crippen molar-refractivity contribution in [1.29, 1.82) is 0 Å². The SMILES string of the molecule is CCn1nc(CNc2ccc(F)cc2Br)c2ccccc21. The van der Waals surface area contributed by atoms with Gasteiger partial charge >= 0.3 is 0 Å². The molecule has 3 aromatic rings. The van der Waals surface area contributed by atoms with E-state index >= 15 is 0 Å². The molecule has 1 heterocycles. The van der Waals surface area contributed by atoms with Gasteiger partial charge in [0, 0.05) is 22.1 Å². The van der Waals surface area contributed by atoms with Crippen LogP contribution in [0.5, 0.6) is 0 Å². The Morgan fingerprint density at radius 3 is 2.81 bits per heavy atom. The summed E-state index contributed by atoms with van der Waals surface area (Å²) in [5, 5.41) is 9.08. The number of benzene rings is 2. The summed E-state index contributed by atoms with van der Waals surface area (Å²) in [5.41, 5.74) is 2.98. The third-order valence-corrected chi connectivity index (χ3v) is 4.07. The minimum absolute atomic E-state index is 0.256. The normalized spacial score (nSPS) is 11.0. The lowest BCUT2D eigenvalue weighted by Crippen LogP contribution is -2.03. The molecule has 1 N–H and O–H groups in total. The summed E-state index contributed by atoms with van der Waals surface area (Å²) in [5.74, 6) is -0.256. The Balaban J connectivity index is 1.88. The van der Waals surface area contributed by atoms with Gasteiger partial charge < -0.3 is 5.32 Å². The molecule has 0 spiro atoms. The highest BCUT2D eigenvalue weighted by Gasteiger charge is 2.09. The van der Waals surface area contributed by atoms with Crippen molar-refractivity contribution in [2.75, 3.05) is 5.32 Å². The van der Waals surface area contributed by atoms with Gasteiger partial charge in [-0.05, 0) is 47.1 Å². The van der Waals surface area contributed by atoms with E-state index in [1.807, 2.05) is 16.8 Å². The van der Waals surface area contributed by atoms with Crippen LogP contribution in [-0.4, -0.2) is 9.78 Å². The Kier molecular flexibility index (Phi) is 3.92. The number of aryl methyl sites for hydroxylation is 1. The standard InChI is InChI=1S/C16H15BrFN3/c1-2-21-16-6-4-3-5-12(16)15(20-21)10-19-14-8-7-11(18)9-13(14)17/h3-9,19H,2,10H2,1H3. The molecule has 0 unspecified atom stereocenters. The summed E-state index contributed by atoms with van der Waals surface area (Å²) >= 11 is 3.36. The highest BCUT2D eigenvalue weighted by molar-refractivity contribution is 9.10. The largest absolute Gasteiger partial charge is 0.378 e. The Morgan fingerprint density at radius 2 is 2.05 bits per heavy atom. The number of rotatable bonds is 4. The second-order valence-electron chi connectivity index (χ2n) is 4.76. The lowest BCUT2D eigenvalue weighted by atomic mass is 10.2. The fraction of sp³-hybridized carbons (Fsp3) is 0.188. The summed E-state index contributed by atoms with van der Waals surface area (Å²) in [4.78, 5) is 0. The van der Waals surface area contributed by atoms with Gasteiger partial charge in [-0.1, -0.05) is 18.2 Å².